The molecule has 1 N–H and O–H groups in total. The number of fused-ring (bicyclic) bond motifs is 1. The van der Waals surface area contributed by atoms with E-state index in [1.54, 1.807) is 0 Å². The zero-order chi connectivity index (χ0) is 22.8. The maximum Gasteiger partial charge on any atom is 0.184 e. The van der Waals surface area contributed by atoms with E-state index in [2.05, 4.69) is 37.3 Å². The monoisotopic (exact) mass is 464 g/mol. The fraction of sp³-hybridized carbons (Fsp3) is 0.357. The van der Waals surface area contributed by atoms with E-state index in [0.717, 1.165) is 34.6 Å². The first-order chi connectivity index (χ1) is 16.1. The summed E-state index contributed by atoms with van der Waals surface area (Å²) in [5.74, 6) is 0. The van der Waals surface area contributed by atoms with Crippen LogP contribution in [0, 0.1) is 0 Å². The summed E-state index contributed by atoms with van der Waals surface area (Å²) in [6.07, 6.45) is 0.285. The molecule has 2 heterocycles. The second-order valence-electron chi connectivity index (χ2n) is 8.85. The Morgan fingerprint density at radius 3 is 2.39 bits per heavy atom. The number of benzene rings is 3. The van der Waals surface area contributed by atoms with Gasteiger partial charge in [0.25, 0.3) is 0 Å². The molecule has 3 aromatic carbocycles. The van der Waals surface area contributed by atoms with E-state index in [0.29, 0.717) is 13.0 Å². The molecule has 2 aliphatic rings. The second-order valence-corrected chi connectivity index (χ2v) is 9.25. The van der Waals surface area contributed by atoms with Crippen LogP contribution in [0.4, 0.5) is 0 Å². The highest BCUT2D eigenvalue weighted by Crippen LogP contribution is 2.39. The average molecular weight is 465 g/mol. The van der Waals surface area contributed by atoms with Crippen LogP contribution in [-0.2, 0) is 27.1 Å². The summed E-state index contributed by atoms with van der Waals surface area (Å²) in [6.45, 7) is 2.58. The van der Waals surface area contributed by atoms with Crippen LogP contribution >= 0.6 is 11.6 Å². The SMILES string of the molecule is CCc1ccc(Cc2cc(C3OC4COC(c5ccccc5)OC4CC3O)ccc2Cl)cc1. The van der Waals surface area contributed by atoms with Gasteiger partial charge in [0.15, 0.2) is 6.29 Å². The Balaban J connectivity index is 1.29. The second kappa shape index (κ2) is 9.96. The van der Waals surface area contributed by atoms with Crippen molar-refractivity contribution in [1.82, 2.24) is 0 Å². The van der Waals surface area contributed by atoms with Crippen molar-refractivity contribution in [3.05, 3.63) is 106 Å². The maximum absolute atomic E-state index is 10.9. The fourth-order valence-electron chi connectivity index (χ4n) is 4.66. The topological polar surface area (TPSA) is 47.9 Å². The highest BCUT2D eigenvalue weighted by molar-refractivity contribution is 6.31. The first kappa shape index (κ1) is 22.6. The Morgan fingerprint density at radius 2 is 1.64 bits per heavy atom. The molecule has 0 saturated carbocycles. The van der Waals surface area contributed by atoms with Crippen LogP contribution in [0.15, 0.2) is 72.8 Å². The van der Waals surface area contributed by atoms with Gasteiger partial charge in [-0.2, -0.15) is 0 Å². The molecule has 5 heteroatoms. The first-order valence-electron chi connectivity index (χ1n) is 11.6. The molecule has 172 valence electrons. The summed E-state index contributed by atoms with van der Waals surface area (Å²) in [5, 5.41) is 11.7. The fourth-order valence-corrected chi connectivity index (χ4v) is 4.84. The summed E-state index contributed by atoms with van der Waals surface area (Å²) < 4.78 is 18.4. The lowest BCUT2D eigenvalue weighted by Crippen LogP contribution is -2.50. The molecule has 0 amide bonds. The standard InChI is InChI=1S/C28H29ClO4/c1-2-18-8-10-19(11-9-18)14-22-15-21(12-13-23(22)29)27-24(30)16-25-26(32-27)17-31-28(33-25)20-6-4-3-5-7-20/h3-13,15,24-28,30H,2,14,16-17H2,1H3. The number of halogens is 1. The highest BCUT2D eigenvalue weighted by Gasteiger charge is 2.43. The summed E-state index contributed by atoms with van der Waals surface area (Å²) in [4.78, 5) is 0. The van der Waals surface area contributed by atoms with Gasteiger partial charge < -0.3 is 19.3 Å². The number of aliphatic hydroxyl groups is 1. The molecule has 33 heavy (non-hydrogen) atoms. The number of aryl methyl sites for hydroxylation is 1. The van der Waals surface area contributed by atoms with Crippen molar-refractivity contribution in [1.29, 1.82) is 0 Å². The van der Waals surface area contributed by atoms with Gasteiger partial charge in [0.05, 0.1) is 18.8 Å². The Hall–Kier alpha value is -2.21. The van der Waals surface area contributed by atoms with E-state index in [9.17, 15) is 5.11 Å². The minimum atomic E-state index is -0.668. The van der Waals surface area contributed by atoms with Gasteiger partial charge in [0.1, 0.15) is 12.2 Å². The van der Waals surface area contributed by atoms with Crippen molar-refractivity contribution in [2.75, 3.05) is 6.61 Å². The van der Waals surface area contributed by atoms with Gasteiger partial charge >= 0.3 is 0 Å². The molecule has 0 aliphatic carbocycles. The van der Waals surface area contributed by atoms with Gasteiger partial charge in [-0.15, -0.1) is 0 Å². The molecular formula is C28H29ClO4. The molecule has 5 rings (SSSR count). The smallest absolute Gasteiger partial charge is 0.184 e. The van der Waals surface area contributed by atoms with Gasteiger partial charge in [-0.25, -0.2) is 0 Å². The van der Waals surface area contributed by atoms with Gasteiger partial charge in [0.2, 0.25) is 0 Å². The maximum atomic E-state index is 10.9. The Morgan fingerprint density at radius 1 is 0.879 bits per heavy atom. The summed E-state index contributed by atoms with van der Waals surface area (Å²) in [5.41, 5.74) is 5.45. The average Bonchev–Trinajstić information content (AvgIpc) is 2.86. The minimum absolute atomic E-state index is 0.209. The third-order valence-corrected chi connectivity index (χ3v) is 6.93. The van der Waals surface area contributed by atoms with Crippen molar-refractivity contribution in [3.8, 4) is 0 Å². The molecule has 0 spiro atoms. The van der Waals surface area contributed by atoms with E-state index < -0.39 is 18.5 Å². The van der Waals surface area contributed by atoms with E-state index in [-0.39, 0.29) is 12.2 Å². The predicted molar refractivity (Wildman–Crippen MR) is 128 cm³/mol. The molecule has 2 aliphatic heterocycles. The lowest BCUT2D eigenvalue weighted by molar-refractivity contribution is -0.303. The van der Waals surface area contributed by atoms with Gasteiger partial charge in [-0.3, -0.25) is 0 Å². The predicted octanol–water partition coefficient (Wildman–Crippen LogP) is 5.80. The summed E-state index contributed by atoms with van der Waals surface area (Å²) in [6, 6.07) is 24.4. The number of hydrogen-bond donors (Lipinski definition) is 1. The summed E-state index contributed by atoms with van der Waals surface area (Å²) in [7, 11) is 0. The minimum Gasteiger partial charge on any atom is -0.390 e. The highest BCUT2D eigenvalue weighted by atomic mass is 35.5. The van der Waals surface area contributed by atoms with E-state index in [4.69, 9.17) is 25.8 Å². The molecular weight excluding hydrogens is 436 g/mol. The summed E-state index contributed by atoms with van der Waals surface area (Å²) >= 11 is 6.52. The molecule has 5 unspecified atom stereocenters. The molecule has 0 bridgehead atoms. The van der Waals surface area contributed by atoms with Crippen LogP contribution in [0.25, 0.3) is 0 Å². The van der Waals surface area contributed by atoms with E-state index in [1.165, 1.54) is 11.1 Å². The van der Waals surface area contributed by atoms with Gasteiger partial charge in [-0.05, 0) is 41.2 Å². The number of hydrogen-bond acceptors (Lipinski definition) is 4. The first-order valence-corrected chi connectivity index (χ1v) is 12.0. The molecule has 5 atom stereocenters. The van der Waals surface area contributed by atoms with Gasteiger partial charge in [0, 0.05) is 17.0 Å². The Labute approximate surface area is 200 Å². The van der Waals surface area contributed by atoms with Crippen molar-refractivity contribution in [3.63, 3.8) is 0 Å². The van der Waals surface area contributed by atoms with Crippen molar-refractivity contribution < 1.29 is 19.3 Å². The molecule has 0 aromatic heterocycles. The number of rotatable bonds is 5. The quantitative estimate of drug-likeness (QED) is 0.518. The van der Waals surface area contributed by atoms with Gasteiger partial charge in [-0.1, -0.05) is 85.3 Å². The third-order valence-electron chi connectivity index (χ3n) is 6.57. The Kier molecular flexibility index (Phi) is 6.81. The van der Waals surface area contributed by atoms with Crippen LogP contribution in [0.2, 0.25) is 5.02 Å². The van der Waals surface area contributed by atoms with Crippen molar-refractivity contribution in [2.45, 2.75) is 56.9 Å². The van der Waals surface area contributed by atoms with E-state index >= 15 is 0 Å². The van der Waals surface area contributed by atoms with Crippen molar-refractivity contribution in [2.24, 2.45) is 0 Å². The largest absolute Gasteiger partial charge is 0.390 e. The third kappa shape index (κ3) is 5.01. The van der Waals surface area contributed by atoms with Crippen molar-refractivity contribution >= 4 is 11.6 Å². The number of ether oxygens (including phenoxy) is 3. The molecule has 0 radical (unpaired) electrons. The normalized spacial score (nSPS) is 27.2. The van der Waals surface area contributed by atoms with Crippen LogP contribution in [0.5, 0.6) is 0 Å². The molecule has 3 aromatic rings. The van der Waals surface area contributed by atoms with Crippen LogP contribution in [-0.4, -0.2) is 30.0 Å². The van der Waals surface area contributed by atoms with Crippen LogP contribution in [0.1, 0.15) is 53.6 Å². The lowest BCUT2D eigenvalue weighted by atomic mass is 9.91. The zero-order valence-electron chi connectivity index (χ0n) is 18.7. The van der Waals surface area contributed by atoms with E-state index in [1.807, 2.05) is 42.5 Å². The van der Waals surface area contributed by atoms with Crippen LogP contribution < -0.4 is 0 Å². The molecule has 2 saturated heterocycles. The lowest BCUT2D eigenvalue weighted by Gasteiger charge is -2.44. The van der Waals surface area contributed by atoms with Crippen LogP contribution in [0.3, 0.4) is 0 Å². The molecule has 2 fully saturated rings. The molecule has 4 nitrogen and oxygen atoms in total. The zero-order valence-corrected chi connectivity index (χ0v) is 19.4. The number of aliphatic hydroxyl groups excluding tert-OH is 1. The Bertz CT molecular complexity index is 1070.